The number of carbonyl (C=O) groups is 1. The molecule has 3 N–H and O–H groups in total. The molecule has 0 saturated carbocycles. The summed E-state index contributed by atoms with van der Waals surface area (Å²) >= 11 is 0. The van der Waals surface area contributed by atoms with Crippen molar-refractivity contribution in [2.75, 3.05) is 14.1 Å². The van der Waals surface area contributed by atoms with Gasteiger partial charge in [-0.25, -0.2) is 0 Å². The lowest BCUT2D eigenvalue weighted by atomic mass is 10.2. The van der Waals surface area contributed by atoms with E-state index in [0.717, 1.165) is 5.84 Å². The van der Waals surface area contributed by atoms with Crippen LogP contribution in [0.1, 0.15) is 16.8 Å². The molecular formula is C12H17N3O3. The number of nitrogens with two attached hydrogens (primary N) is 1. The summed E-state index contributed by atoms with van der Waals surface area (Å²) in [7, 11) is 3.72. The van der Waals surface area contributed by atoms with Gasteiger partial charge in [0.25, 0.3) is 0 Å². The monoisotopic (exact) mass is 251 g/mol. The summed E-state index contributed by atoms with van der Waals surface area (Å²) in [6, 6.07) is 8.76. The Hall–Kier alpha value is -2.08. The van der Waals surface area contributed by atoms with E-state index in [4.69, 9.17) is 10.8 Å². The number of amides is 1. The number of hydrogen-bond acceptors (Lipinski definition) is 5. The van der Waals surface area contributed by atoms with Crippen molar-refractivity contribution in [1.29, 1.82) is 0 Å². The number of aliphatic hydroxyl groups excluding tert-OH is 1. The predicted octanol–water partition coefficient (Wildman–Crippen LogP) is 0.386. The molecule has 6 heteroatoms. The number of primary amides is 1. The summed E-state index contributed by atoms with van der Waals surface area (Å²) in [6.07, 6.45) is -0.241. The zero-order valence-corrected chi connectivity index (χ0v) is 10.4. The summed E-state index contributed by atoms with van der Waals surface area (Å²) in [6.45, 7) is 0. The second-order valence-corrected chi connectivity index (χ2v) is 3.90. The Morgan fingerprint density at radius 2 is 2.06 bits per heavy atom. The summed E-state index contributed by atoms with van der Waals surface area (Å²) < 4.78 is 0. The van der Waals surface area contributed by atoms with Crippen LogP contribution in [0.3, 0.4) is 0 Å². The van der Waals surface area contributed by atoms with Crippen LogP contribution in [0.15, 0.2) is 35.5 Å². The van der Waals surface area contributed by atoms with Crippen LogP contribution in [0.5, 0.6) is 0 Å². The SMILES string of the molecule is CN(C)C1=NOC(O)C1.NC(=O)c1ccccc1. The minimum Gasteiger partial charge on any atom is -0.366 e. The van der Waals surface area contributed by atoms with Crippen molar-refractivity contribution < 1.29 is 14.7 Å². The Balaban J connectivity index is 0.000000180. The molecule has 0 saturated heterocycles. The smallest absolute Gasteiger partial charge is 0.248 e. The van der Waals surface area contributed by atoms with Gasteiger partial charge in [0, 0.05) is 19.7 Å². The van der Waals surface area contributed by atoms with Crippen molar-refractivity contribution in [3.05, 3.63) is 35.9 Å². The van der Waals surface area contributed by atoms with Gasteiger partial charge in [0.15, 0.2) is 0 Å². The van der Waals surface area contributed by atoms with Crippen LogP contribution in [-0.2, 0) is 4.84 Å². The highest BCUT2D eigenvalue weighted by molar-refractivity contribution is 5.92. The highest BCUT2D eigenvalue weighted by atomic mass is 16.7. The quantitative estimate of drug-likeness (QED) is 0.755. The number of rotatable bonds is 1. The third-order valence-corrected chi connectivity index (χ3v) is 2.21. The number of carbonyl (C=O) groups excluding carboxylic acids is 1. The van der Waals surface area contributed by atoms with E-state index >= 15 is 0 Å². The lowest BCUT2D eigenvalue weighted by molar-refractivity contribution is -0.0762. The molecule has 0 spiro atoms. The molecule has 0 bridgehead atoms. The minimum absolute atomic E-state index is 0.379. The molecule has 0 radical (unpaired) electrons. The fraction of sp³-hybridized carbons (Fsp3) is 0.333. The molecular weight excluding hydrogens is 234 g/mol. The van der Waals surface area contributed by atoms with E-state index in [0.29, 0.717) is 12.0 Å². The molecule has 0 aliphatic carbocycles. The van der Waals surface area contributed by atoms with Gasteiger partial charge >= 0.3 is 0 Å². The summed E-state index contributed by atoms with van der Waals surface area (Å²) in [5.41, 5.74) is 5.53. The lowest BCUT2D eigenvalue weighted by Gasteiger charge is -2.07. The summed E-state index contributed by atoms with van der Waals surface area (Å²) in [4.78, 5) is 16.8. The van der Waals surface area contributed by atoms with Crippen LogP contribution >= 0.6 is 0 Å². The van der Waals surface area contributed by atoms with E-state index in [9.17, 15) is 4.79 Å². The van der Waals surface area contributed by atoms with Crippen LogP contribution in [0.2, 0.25) is 0 Å². The molecule has 18 heavy (non-hydrogen) atoms. The van der Waals surface area contributed by atoms with Crippen molar-refractivity contribution in [1.82, 2.24) is 4.90 Å². The number of benzene rings is 1. The number of nitrogens with zero attached hydrogens (tertiary/aromatic N) is 2. The van der Waals surface area contributed by atoms with E-state index in [1.807, 2.05) is 25.1 Å². The minimum atomic E-state index is -0.734. The Bertz CT molecular complexity index is 418. The Labute approximate surface area is 106 Å². The maximum Gasteiger partial charge on any atom is 0.248 e. The number of oxime groups is 1. The first-order valence-corrected chi connectivity index (χ1v) is 5.43. The highest BCUT2D eigenvalue weighted by Crippen LogP contribution is 2.07. The number of amidine groups is 1. The van der Waals surface area contributed by atoms with Gasteiger partial charge in [0.2, 0.25) is 12.2 Å². The molecule has 6 nitrogen and oxygen atoms in total. The van der Waals surface area contributed by atoms with Crippen LogP contribution < -0.4 is 5.73 Å². The second kappa shape index (κ2) is 6.61. The van der Waals surface area contributed by atoms with Gasteiger partial charge in [-0.1, -0.05) is 23.4 Å². The van der Waals surface area contributed by atoms with Crippen LogP contribution in [0, 0.1) is 0 Å². The van der Waals surface area contributed by atoms with Crippen LogP contribution in [-0.4, -0.2) is 42.1 Å². The van der Waals surface area contributed by atoms with E-state index in [1.54, 1.807) is 24.3 Å². The van der Waals surface area contributed by atoms with E-state index in [2.05, 4.69) is 9.99 Å². The fourth-order valence-electron chi connectivity index (χ4n) is 1.22. The van der Waals surface area contributed by atoms with Gasteiger partial charge < -0.3 is 20.6 Å². The van der Waals surface area contributed by atoms with Crippen LogP contribution in [0.25, 0.3) is 0 Å². The van der Waals surface area contributed by atoms with Gasteiger partial charge in [-0.05, 0) is 12.1 Å². The molecule has 1 aromatic carbocycles. The molecule has 1 aromatic rings. The summed E-state index contributed by atoms with van der Waals surface area (Å²) in [5, 5.41) is 12.4. The predicted molar refractivity (Wildman–Crippen MR) is 67.8 cm³/mol. The molecule has 1 amide bonds. The number of aliphatic hydroxyl groups is 1. The van der Waals surface area contributed by atoms with Gasteiger partial charge in [-0.15, -0.1) is 0 Å². The standard InChI is InChI=1S/C7H7NO.C5H10N2O2/c8-7(9)6-4-2-1-3-5-6;1-7(2)4-3-5(8)9-6-4/h1-5H,(H2,8,9);5,8H,3H2,1-2H3. The Kier molecular flexibility index (Phi) is 5.13. The van der Waals surface area contributed by atoms with Gasteiger partial charge in [-0.2, -0.15) is 0 Å². The van der Waals surface area contributed by atoms with Crippen molar-refractivity contribution >= 4 is 11.7 Å². The van der Waals surface area contributed by atoms with Crippen molar-refractivity contribution in [2.45, 2.75) is 12.7 Å². The average molecular weight is 251 g/mol. The molecule has 1 unspecified atom stereocenters. The van der Waals surface area contributed by atoms with Crippen LogP contribution in [0.4, 0.5) is 0 Å². The van der Waals surface area contributed by atoms with E-state index in [1.165, 1.54) is 0 Å². The van der Waals surface area contributed by atoms with Crippen molar-refractivity contribution in [2.24, 2.45) is 10.9 Å². The van der Waals surface area contributed by atoms with Gasteiger partial charge in [0.1, 0.15) is 5.84 Å². The molecule has 1 heterocycles. The molecule has 0 aromatic heterocycles. The van der Waals surface area contributed by atoms with Crippen molar-refractivity contribution in [3.8, 4) is 0 Å². The fourth-order valence-corrected chi connectivity index (χ4v) is 1.22. The average Bonchev–Trinajstić information content (AvgIpc) is 2.78. The first kappa shape index (κ1) is 14.0. The molecule has 98 valence electrons. The maximum absolute atomic E-state index is 10.4. The maximum atomic E-state index is 10.4. The molecule has 1 aliphatic rings. The second-order valence-electron chi connectivity index (χ2n) is 3.90. The third kappa shape index (κ3) is 4.42. The highest BCUT2D eigenvalue weighted by Gasteiger charge is 2.18. The topological polar surface area (TPSA) is 88.2 Å². The zero-order chi connectivity index (χ0) is 13.5. The van der Waals surface area contributed by atoms with E-state index < -0.39 is 6.29 Å². The van der Waals surface area contributed by atoms with Gasteiger partial charge in [-0.3, -0.25) is 4.79 Å². The van der Waals surface area contributed by atoms with E-state index in [-0.39, 0.29) is 5.91 Å². The molecule has 1 aliphatic heterocycles. The Morgan fingerprint density at radius 1 is 1.44 bits per heavy atom. The Morgan fingerprint density at radius 3 is 2.33 bits per heavy atom. The molecule has 2 rings (SSSR count). The normalized spacial score (nSPS) is 17.1. The molecule has 1 atom stereocenters. The first-order valence-electron chi connectivity index (χ1n) is 5.43. The lowest BCUT2D eigenvalue weighted by Crippen LogP contribution is -2.21. The zero-order valence-electron chi connectivity index (χ0n) is 10.4. The molecule has 0 fully saturated rings. The first-order chi connectivity index (χ1) is 8.50. The largest absolute Gasteiger partial charge is 0.366 e. The number of hydrogen-bond donors (Lipinski definition) is 2. The van der Waals surface area contributed by atoms with Gasteiger partial charge in [0.05, 0.1) is 6.42 Å². The third-order valence-electron chi connectivity index (χ3n) is 2.21. The summed E-state index contributed by atoms with van der Waals surface area (Å²) in [5.74, 6) is 0.401. The van der Waals surface area contributed by atoms with Crippen molar-refractivity contribution in [3.63, 3.8) is 0 Å².